The first-order valence-corrected chi connectivity index (χ1v) is 8.52. The van der Waals surface area contributed by atoms with Crippen LogP contribution in [0.4, 0.5) is 14.9 Å². The lowest BCUT2D eigenvalue weighted by atomic mass is 10.0. The minimum atomic E-state index is -0.700. The predicted molar refractivity (Wildman–Crippen MR) is 100 cm³/mol. The molecule has 0 saturated heterocycles. The molecule has 0 radical (unpaired) electrons. The van der Waals surface area contributed by atoms with Gasteiger partial charge in [0.2, 0.25) is 5.91 Å². The Bertz CT molecular complexity index is 763. The maximum absolute atomic E-state index is 13.6. The van der Waals surface area contributed by atoms with Gasteiger partial charge in [-0.15, -0.1) is 0 Å². The number of amides is 3. The highest BCUT2D eigenvalue weighted by Gasteiger charge is 2.24. The highest BCUT2D eigenvalue weighted by atomic mass is 19.1. The van der Waals surface area contributed by atoms with Crippen LogP contribution in [0.3, 0.4) is 0 Å². The molecule has 138 valence electrons. The lowest BCUT2D eigenvalue weighted by Gasteiger charge is -2.22. The van der Waals surface area contributed by atoms with Crippen LogP contribution in [0.1, 0.15) is 25.0 Å². The van der Waals surface area contributed by atoms with Crippen LogP contribution in [-0.2, 0) is 11.3 Å². The largest absolute Gasteiger partial charge is 0.350 e. The average Bonchev–Trinajstić information content (AvgIpc) is 2.61. The van der Waals surface area contributed by atoms with Crippen LogP contribution in [0.5, 0.6) is 0 Å². The lowest BCUT2D eigenvalue weighted by Crippen LogP contribution is -2.50. The molecule has 2 aromatic carbocycles. The number of urea groups is 1. The van der Waals surface area contributed by atoms with Crippen LogP contribution in [0, 0.1) is 18.7 Å². The number of anilines is 1. The van der Waals surface area contributed by atoms with E-state index in [1.807, 2.05) is 32.0 Å². The number of halogens is 1. The van der Waals surface area contributed by atoms with Gasteiger partial charge in [0.25, 0.3) is 0 Å². The number of rotatable bonds is 6. The van der Waals surface area contributed by atoms with Gasteiger partial charge in [-0.25, -0.2) is 9.18 Å². The Morgan fingerprint density at radius 3 is 2.38 bits per heavy atom. The molecule has 0 heterocycles. The molecule has 0 bridgehead atoms. The summed E-state index contributed by atoms with van der Waals surface area (Å²) in [7, 11) is 0. The fourth-order valence-electron chi connectivity index (χ4n) is 2.41. The third-order valence-corrected chi connectivity index (χ3v) is 3.97. The number of hydrogen-bond donors (Lipinski definition) is 3. The number of para-hydroxylation sites is 1. The summed E-state index contributed by atoms with van der Waals surface area (Å²) in [4.78, 5) is 24.6. The Morgan fingerprint density at radius 1 is 1.08 bits per heavy atom. The van der Waals surface area contributed by atoms with E-state index in [0.717, 1.165) is 0 Å². The van der Waals surface area contributed by atoms with E-state index in [1.54, 1.807) is 31.2 Å². The van der Waals surface area contributed by atoms with Gasteiger partial charge in [-0.3, -0.25) is 4.79 Å². The van der Waals surface area contributed by atoms with Crippen LogP contribution in [0.15, 0.2) is 48.5 Å². The molecule has 1 atom stereocenters. The SMILES string of the molecule is Cc1ccc(CNC(=O)[C@H](NC(=O)Nc2ccccc2)C(C)C)cc1F. The molecular formula is C20H24FN3O2. The maximum atomic E-state index is 13.6. The second-order valence-electron chi connectivity index (χ2n) is 6.49. The first kappa shape index (κ1) is 19.4. The van der Waals surface area contributed by atoms with E-state index in [9.17, 15) is 14.0 Å². The fraction of sp³-hybridized carbons (Fsp3) is 0.300. The van der Waals surface area contributed by atoms with Crippen molar-refractivity contribution in [3.8, 4) is 0 Å². The van der Waals surface area contributed by atoms with E-state index in [-0.39, 0.29) is 24.2 Å². The van der Waals surface area contributed by atoms with Gasteiger partial charge >= 0.3 is 6.03 Å². The van der Waals surface area contributed by atoms with Gasteiger partial charge in [-0.2, -0.15) is 0 Å². The minimum absolute atomic E-state index is 0.105. The molecule has 0 spiro atoms. The molecule has 0 aliphatic carbocycles. The summed E-state index contributed by atoms with van der Waals surface area (Å²) in [5.41, 5.74) is 1.86. The molecule has 2 rings (SSSR count). The Kier molecular flexibility index (Phi) is 6.72. The number of aryl methyl sites for hydroxylation is 1. The highest BCUT2D eigenvalue weighted by molar-refractivity contribution is 5.93. The highest BCUT2D eigenvalue weighted by Crippen LogP contribution is 2.10. The third-order valence-electron chi connectivity index (χ3n) is 3.97. The smallest absolute Gasteiger partial charge is 0.319 e. The fourth-order valence-corrected chi connectivity index (χ4v) is 2.41. The zero-order valence-corrected chi connectivity index (χ0v) is 15.2. The van der Waals surface area contributed by atoms with Crippen molar-refractivity contribution in [3.63, 3.8) is 0 Å². The van der Waals surface area contributed by atoms with Crippen molar-refractivity contribution in [1.82, 2.24) is 10.6 Å². The van der Waals surface area contributed by atoms with Gasteiger partial charge in [0.15, 0.2) is 0 Å². The zero-order chi connectivity index (χ0) is 19.1. The molecule has 0 aliphatic heterocycles. The quantitative estimate of drug-likeness (QED) is 0.739. The normalized spacial score (nSPS) is 11.7. The van der Waals surface area contributed by atoms with Crippen LogP contribution in [-0.4, -0.2) is 18.0 Å². The molecule has 3 N–H and O–H groups in total. The second kappa shape index (κ2) is 8.99. The number of carbonyl (C=O) groups is 2. The van der Waals surface area contributed by atoms with Crippen molar-refractivity contribution in [2.75, 3.05) is 5.32 Å². The minimum Gasteiger partial charge on any atom is -0.350 e. The Hall–Kier alpha value is -2.89. The average molecular weight is 357 g/mol. The topological polar surface area (TPSA) is 70.2 Å². The molecule has 0 saturated carbocycles. The van der Waals surface area contributed by atoms with E-state index >= 15 is 0 Å². The van der Waals surface area contributed by atoms with Gasteiger partial charge < -0.3 is 16.0 Å². The van der Waals surface area contributed by atoms with E-state index in [1.165, 1.54) is 6.07 Å². The molecule has 2 aromatic rings. The van der Waals surface area contributed by atoms with Crippen molar-refractivity contribution in [2.24, 2.45) is 5.92 Å². The molecule has 0 aromatic heterocycles. The summed E-state index contributed by atoms with van der Waals surface area (Å²) in [5.74, 6) is -0.729. The van der Waals surface area contributed by atoms with Crippen molar-refractivity contribution >= 4 is 17.6 Å². The monoisotopic (exact) mass is 357 g/mol. The second-order valence-corrected chi connectivity index (χ2v) is 6.49. The molecule has 3 amide bonds. The van der Waals surface area contributed by atoms with E-state index in [0.29, 0.717) is 16.8 Å². The van der Waals surface area contributed by atoms with Crippen molar-refractivity contribution in [2.45, 2.75) is 33.4 Å². The first-order valence-electron chi connectivity index (χ1n) is 8.52. The van der Waals surface area contributed by atoms with Crippen LogP contribution >= 0.6 is 0 Å². The lowest BCUT2D eigenvalue weighted by molar-refractivity contribution is -0.124. The van der Waals surface area contributed by atoms with Gasteiger partial charge in [0.05, 0.1) is 0 Å². The molecular weight excluding hydrogens is 333 g/mol. The van der Waals surface area contributed by atoms with Gasteiger partial charge in [-0.05, 0) is 42.2 Å². The third kappa shape index (κ3) is 5.58. The van der Waals surface area contributed by atoms with Crippen LogP contribution in [0.25, 0.3) is 0 Å². The number of nitrogens with one attached hydrogen (secondary N) is 3. The first-order chi connectivity index (χ1) is 12.4. The van der Waals surface area contributed by atoms with Gasteiger partial charge in [0, 0.05) is 12.2 Å². The summed E-state index contributed by atoms with van der Waals surface area (Å²) < 4.78 is 13.6. The van der Waals surface area contributed by atoms with E-state index < -0.39 is 12.1 Å². The van der Waals surface area contributed by atoms with Gasteiger partial charge in [-0.1, -0.05) is 44.2 Å². The van der Waals surface area contributed by atoms with Gasteiger partial charge in [0.1, 0.15) is 11.9 Å². The summed E-state index contributed by atoms with van der Waals surface area (Å²) in [6.07, 6.45) is 0. The molecule has 6 heteroatoms. The summed E-state index contributed by atoms with van der Waals surface area (Å²) in [6, 6.07) is 12.7. The number of benzene rings is 2. The van der Waals surface area contributed by atoms with Crippen molar-refractivity contribution in [1.29, 1.82) is 0 Å². The zero-order valence-electron chi connectivity index (χ0n) is 15.2. The van der Waals surface area contributed by atoms with Crippen molar-refractivity contribution < 1.29 is 14.0 Å². The summed E-state index contributed by atoms with van der Waals surface area (Å²) in [6.45, 7) is 5.57. The van der Waals surface area contributed by atoms with E-state index in [4.69, 9.17) is 0 Å². The molecule has 0 fully saturated rings. The Labute approximate surface area is 153 Å². The molecule has 5 nitrogen and oxygen atoms in total. The summed E-state index contributed by atoms with van der Waals surface area (Å²) >= 11 is 0. The van der Waals surface area contributed by atoms with Crippen LogP contribution in [0.2, 0.25) is 0 Å². The molecule has 26 heavy (non-hydrogen) atoms. The number of hydrogen-bond acceptors (Lipinski definition) is 2. The Morgan fingerprint density at radius 2 is 1.77 bits per heavy atom. The summed E-state index contributed by atoms with van der Waals surface area (Å²) in [5, 5.41) is 8.12. The number of carbonyl (C=O) groups excluding carboxylic acids is 2. The van der Waals surface area contributed by atoms with E-state index in [2.05, 4.69) is 16.0 Å². The predicted octanol–water partition coefficient (Wildman–Crippen LogP) is 3.60. The Balaban J connectivity index is 1.93. The standard InChI is InChI=1S/C20H24FN3O2/c1-13(2)18(24-20(26)23-16-7-5-4-6-8-16)19(25)22-12-15-10-9-14(3)17(21)11-15/h4-11,13,18H,12H2,1-3H3,(H,22,25)(H2,23,24,26)/t18-/m1/s1. The molecule has 0 aliphatic rings. The van der Waals surface area contributed by atoms with Crippen molar-refractivity contribution in [3.05, 3.63) is 65.5 Å². The molecule has 0 unspecified atom stereocenters. The van der Waals surface area contributed by atoms with Crippen LogP contribution < -0.4 is 16.0 Å². The maximum Gasteiger partial charge on any atom is 0.319 e.